The molecular weight excluding hydrogens is 655 g/mol. The molecule has 2 aliphatic rings. The van der Waals surface area contributed by atoms with E-state index >= 15 is 0 Å². The summed E-state index contributed by atoms with van der Waals surface area (Å²) in [5.41, 5.74) is 14.0. The zero-order valence-corrected chi connectivity index (χ0v) is 31.3. The molecule has 0 radical (unpaired) electrons. The van der Waals surface area contributed by atoms with Gasteiger partial charge in [-0.3, -0.25) is 6.08 Å². The van der Waals surface area contributed by atoms with Crippen LogP contribution in [0, 0.1) is 18.1 Å². The average molecular weight is 699 g/mol. The van der Waals surface area contributed by atoms with E-state index in [1.54, 1.807) is 0 Å². The summed E-state index contributed by atoms with van der Waals surface area (Å²) in [6.45, 7) is 17.9. The molecule has 0 nitrogen and oxygen atoms in total. The molecule has 0 aliphatic heterocycles. The average Bonchev–Trinajstić information content (AvgIpc) is 3.51. The fourth-order valence-corrected chi connectivity index (χ4v) is 5.77. The van der Waals surface area contributed by atoms with E-state index in [0.717, 1.165) is 6.42 Å². The summed E-state index contributed by atoms with van der Waals surface area (Å²) < 4.78 is 2.17. The normalized spacial score (nSPS) is 14.5. The Morgan fingerprint density at radius 2 is 1.32 bits per heavy atom. The van der Waals surface area contributed by atoms with Crippen molar-refractivity contribution in [2.75, 3.05) is 0 Å². The van der Waals surface area contributed by atoms with Crippen LogP contribution in [0.3, 0.4) is 0 Å². The van der Waals surface area contributed by atoms with Gasteiger partial charge in [-0.2, -0.15) is 41.0 Å². The van der Waals surface area contributed by atoms with E-state index < -0.39 is 0 Å². The number of hydrogen-bond donors (Lipinski definition) is 0. The molecule has 0 saturated carbocycles. The summed E-state index contributed by atoms with van der Waals surface area (Å²) in [6, 6.07) is 35.9. The van der Waals surface area contributed by atoms with E-state index in [4.69, 9.17) is 0 Å². The van der Waals surface area contributed by atoms with Crippen LogP contribution in [0.1, 0.15) is 88.8 Å². The van der Waals surface area contributed by atoms with Gasteiger partial charge in [0.2, 0.25) is 0 Å². The van der Waals surface area contributed by atoms with Crippen molar-refractivity contribution in [3.05, 3.63) is 148 Å². The van der Waals surface area contributed by atoms with Gasteiger partial charge in [-0.1, -0.05) is 126 Å². The first-order chi connectivity index (χ1) is 19.9. The summed E-state index contributed by atoms with van der Waals surface area (Å²) in [4.78, 5) is 0. The van der Waals surface area contributed by atoms with Gasteiger partial charge >= 0.3 is 63.8 Å². The standard InChI is InChI=1S/C21H25.C13H13.C7H6.2ClH.Zr/c1-20(2,3)16-9-7-14-11-15-8-10-17(21(4,5)6)13-19(15)18(14)12-16;1-10-8-11(2)13(9-10)12-6-4-3-5-7-12;1-7-5-3-2-4-6-7;;;/h7,9-10,12-13H,11H2,1-6H3;3-7,9-10H,1-2H3;1-6H;2*1H;/q2*-1;;;;+2/p-2. The zero-order chi connectivity index (χ0) is 30.5. The maximum absolute atomic E-state index is 3.53. The van der Waals surface area contributed by atoms with E-state index in [0.29, 0.717) is 5.92 Å². The third kappa shape index (κ3) is 9.85. The van der Waals surface area contributed by atoms with Crippen LogP contribution >= 0.6 is 0 Å². The second-order valence-electron chi connectivity index (χ2n) is 13.4. The Kier molecular flexibility index (Phi) is 14.0. The van der Waals surface area contributed by atoms with E-state index in [-0.39, 0.29) is 35.6 Å². The molecule has 44 heavy (non-hydrogen) atoms. The Balaban J connectivity index is 0.000000251. The molecule has 4 aromatic rings. The first-order valence-corrected chi connectivity index (χ1v) is 16.4. The van der Waals surface area contributed by atoms with Crippen molar-refractivity contribution in [3.63, 3.8) is 0 Å². The van der Waals surface area contributed by atoms with Crippen LogP contribution in [0.25, 0.3) is 16.7 Å². The summed E-state index contributed by atoms with van der Waals surface area (Å²) in [5, 5.41) is 0. The molecule has 0 N–H and O–H groups in total. The number of allylic oxidation sites excluding steroid dienone is 4. The first-order valence-electron chi connectivity index (χ1n) is 15.0. The molecule has 0 saturated heterocycles. The third-order valence-corrected chi connectivity index (χ3v) is 8.66. The number of hydrogen-bond acceptors (Lipinski definition) is 0. The van der Waals surface area contributed by atoms with Crippen LogP contribution in [0.2, 0.25) is 0 Å². The fourth-order valence-electron chi connectivity index (χ4n) is 5.30. The van der Waals surface area contributed by atoms with Crippen molar-refractivity contribution < 1.29 is 49.0 Å². The number of halogens is 2. The van der Waals surface area contributed by atoms with Gasteiger partial charge in [-0.05, 0) is 17.4 Å². The molecule has 0 aromatic heterocycles. The van der Waals surface area contributed by atoms with Gasteiger partial charge in [0.25, 0.3) is 0 Å². The Morgan fingerprint density at radius 3 is 1.82 bits per heavy atom. The van der Waals surface area contributed by atoms with E-state index in [1.807, 2.05) is 12.1 Å². The van der Waals surface area contributed by atoms with Crippen LogP contribution in [0.5, 0.6) is 0 Å². The third-order valence-electron chi connectivity index (χ3n) is 7.84. The molecule has 0 bridgehead atoms. The van der Waals surface area contributed by atoms with Crippen molar-refractivity contribution in [1.29, 1.82) is 0 Å². The quantitative estimate of drug-likeness (QED) is 0.238. The number of rotatable bonds is 2. The second-order valence-corrected chi connectivity index (χ2v) is 14.1. The van der Waals surface area contributed by atoms with Gasteiger partial charge in [-0.15, -0.1) is 11.1 Å². The van der Waals surface area contributed by atoms with Gasteiger partial charge in [-0.25, -0.2) is 5.57 Å². The summed E-state index contributed by atoms with van der Waals surface area (Å²) in [6.07, 6.45) is 6.69. The Labute approximate surface area is 294 Å². The van der Waals surface area contributed by atoms with Gasteiger partial charge in [0.05, 0.1) is 0 Å². The molecule has 228 valence electrons. The SMILES string of the molecule is CC(C)(C)c1c[c-]c2c(c1)-c1cc(C(C)(C)C)ccc1C2.CC1=[C-]C(C)C=C1c1ccccc1.[Cl-].[Cl-].[Zr+2]=[CH]c1ccccc1. The van der Waals surface area contributed by atoms with Crippen LogP contribution < -0.4 is 24.8 Å². The summed E-state index contributed by atoms with van der Waals surface area (Å²) >= 11 is 1.46. The fraction of sp³-hybridized carbons (Fsp3) is 0.293. The van der Waals surface area contributed by atoms with E-state index in [2.05, 4.69) is 156 Å². The molecule has 0 spiro atoms. The van der Waals surface area contributed by atoms with Crippen LogP contribution in [-0.2, 0) is 41.5 Å². The molecular formula is C41H44Cl2Zr-2. The predicted molar refractivity (Wildman–Crippen MR) is 179 cm³/mol. The number of benzene rings is 4. The van der Waals surface area contributed by atoms with Gasteiger partial charge in [0, 0.05) is 0 Å². The van der Waals surface area contributed by atoms with Crippen molar-refractivity contribution in [2.45, 2.75) is 72.6 Å². The Hall–Kier alpha value is -2.31. The van der Waals surface area contributed by atoms with Gasteiger partial charge < -0.3 is 24.8 Å². The molecule has 1 unspecified atom stereocenters. The summed E-state index contributed by atoms with van der Waals surface area (Å²) in [7, 11) is 0. The number of fused-ring (bicyclic) bond motifs is 3. The molecule has 0 heterocycles. The van der Waals surface area contributed by atoms with Crippen molar-refractivity contribution in [3.8, 4) is 11.1 Å². The van der Waals surface area contributed by atoms with Crippen LogP contribution in [0.15, 0.2) is 103 Å². The van der Waals surface area contributed by atoms with Gasteiger partial charge in [0.1, 0.15) is 0 Å². The monoisotopic (exact) mass is 696 g/mol. The van der Waals surface area contributed by atoms with Crippen LogP contribution in [-0.4, -0.2) is 3.71 Å². The first kappa shape index (κ1) is 37.9. The minimum absolute atomic E-state index is 0. The topological polar surface area (TPSA) is 0 Å². The molecule has 1 atom stereocenters. The minimum atomic E-state index is 0. The van der Waals surface area contributed by atoms with Crippen molar-refractivity contribution >= 4 is 9.28 Å². The molecule has 2 aliphatic carbocycles. The zero-order valence-electron chi connectivity index (χ0n) is 27.4. The van der Waals surface area contributed by atoms with Crippen LogP contribution in [0.4, 0.5) is 0 Å². The van der Waals surface area contributed by atoms with Crippen molar-refractivity contribution in [2.24, 2.45) is 5.92 Å². The molecule has 0 amide bonds. The Morgan fingerprint density at radius 1 is 0.750 bits per heavy atom. The maximum atomic E-state index is 3.53. The predicted octanol–water partition coefficient (Wildman–Crippen LogP) is 4.51. The van der Waals surface area contributed by atoms with Gasteiger partial charge in [0.15, 0.2) is 0 Å². The molecule has 4 aromatic carbocycles. The van der Waals surface area contributed by atoms with E-state index in [1.165, 1.54) is 79.9 Å². The molecule has 3 heteroatoms. The summed E-state index contributed by atoms with van der Waals surface area (Å²) in [5.74, 6) is 0.468. The van der Waals surface area contributed by atoms with Crippen molar-refractivity contribution in [1.82, 2.24) is 0 Å². The molecule has 6 rings (SSSR count). The second kappa shape index (κ2) is 16.3. The van der Waals surface area contributed by atoms with E-state index in [9.17, 15) is 0 Å². The Bertz CT molecular complexity index is 1520. The molecule has 0 fully saturated rings.